The zero-order valence-corrected chi connectivity index (χ0v) is 17.8. The van der Waals surface area contributed by atoms with Crippen LogP contribution < -0.4 is 10.1 Å². The molecule has 0 saturated carbocycles. The van der Waals surface area contributed by atoms with E-state index < -0.39 is 11.7 Å². The first-order valence-corrected chi connectivity index (χ1v) is 10.5. The third-order valence-electron chi connectivity index (χ3n) is 5.48. The number of carbonyl (C=O) groups is 1. The van der Waals surface area contributed by atoms with Gasteiger partial charge in [0.15, 0.2) is 5.82 Å². The van der Waals surface area contributed by atoms with Gasteiger partial charge in [-0.25, -0.2) is 19.3 Å². The molecule has 1 aliphatic rings. The maximum atomic E-state index is 14.9. The summed E-state index contributed by atoms with van der Waals surface area (Å²) in [6.45, 7) is 2.38. The van der Waals surface area contributed by atoms with E-state index in [4.69, 9.17) is 4.74 Å². The lowest BCUT2D eigenvalue weighted by atomic mass is 10.0. The highest BCUT2D eigenvalue weighted by Crippen LogP contribution is 2.31. The highest BCUT2D eigenvalue weighted by Gasteiger charge is 2.21. The van der Waals surface area contributed by atoms with Crippen molar-refractivity contribution >= 4 is 11.7 Å². The van der Waals surface area contributed by atoms with Gasteiger partial charge in [0.25, 0.3) is 5.91 Å². The van der Waals surface area contributed by atoms with E-state index in [1.54, 1.807) is 18.5 Å². The molecular weight excluding hydrogens is 425 g/mol. The van der Waals surface area contributed by atoms with Gasteiger partial charge in [-0.1, -0.05) is 6.07 Å². The Kier molecular flexibility index (Phi) is 5.47. The molecule has 166 valence electrons. The Hall–Kier alpha value is -4.21. The zero-order valence-electron chi connectivity index (χ0n) is 17.8. The summed E-state index contributed by atoms with van der Waals surface area (Å²) in [4.78, 5) is 25.6. The molecule has 0 radical (unpaired) electrons. The Morgan fingerprint density at radius 1 is 1.18 bits per heavy atom. The molecule has 1 amide bonds. The summed E-state index contributed by atoms with van der Waals surface area (Å²) in [5.41, 5.74) is 1.44. The van der Waals surface area contributed by atoms with Crippen LogP contribution in [0.1, 0.15) is 36.2 Å². The van der Waals surface area contributed by atoms with Gasteiger partial charge in [0.05, 0.1) is 12.2 Å². The third-order valence-corrected chi connectivity index (χ3v) is 5.48. The lowest BCUT2D eigenvalue weighted by molar-refractivity contribution is 0.102. The van der Waals surface area contributed by atoms with Crippen molar-refractivity contribution in [3.05, 3.63) is 66.8 Å². The van der Waals surface area contributed by atoms with E-state index in [2.05, 4.69) is 37.4 Å². The highest BCUT2D eigenvalue weighted by atomic mass is 19.1. The van der Waals surface area contributed by atoms with Crippen molar-refractivity contribution < 1.29 is 13.9 Å². The number of nitrogens with zero attached hydrogens (tertiary/aromatic N) is 6. The van der Waals surface area contributed by atoms with Gasteiger partial charge >= 0.3 is 0 Å². The van der Waals surface area contributed by atoms with Crippen LogP contribution in [-0.4, -0.2) is 42.2 Å². The minimum atomic E-state index is -0.528. The molecule has 1 aromatic carbocycles. The number of benzene rings is 1. The fourth-order valence-corrected chi connectivity index (χ4v) is 3.77. The van der Waals surface area contributed by atoms with Gasteiger partial charge in [-0.3, -0.25) is 4.79 Å². The quantitative estimate of drug-likeness (QED) is 0.473. The molecule has 9 nitrogen and oxygen atoms in total. The SMILES string of the molecule is CC1CCCOc2cc(F)c(-c3cncnc3)cc2C(=O)Nc2cccc(n2)-c2nncn21. The van der Waals surface area contributed by atoms with Crippen LogP contribution in [0.25, 0.3) is 22.6 Å². The molecule has 5 rings (SSSR count). The van der Waals surface area contributed by atoms with E-state index in [1.165, 1.54) is 30.9 Å². The fourth-order valence-electron chi connectivity index (χ4n) is 3.77. The molecule has 1 N–H and O–H groups in total. The van der Waals surface area contributed by atoms with Crippen molar-refractivity contribution in [3.8, 4) is 28.4 Å². The number of carbonyl (C=O) groups excluding carboxylic acids is 1. The van der Waals surface area contributed by atoms with Gasteiger partial charge in [-0.2, -0.15) is 0 Å². The second-order valence-electron chi connectivity index (χ2n) is 7.72. The molecule has 0 spiro atoms. The Morgan fingerprint density at radius 3 is 2.88 bits per heavy atom. The second kappa shape index (κ2) is 8.73. The van der Waals surface area contributed by atoms with Crippen LogP contribution in [0.2, 0.25) is 0 Å². The van der Waals surface area contributed by atoms with Gasteiger partial charge in [0, 0.05) is 35.6 Å². The summed E-state index contributed by atoms with van der Waals surface area (Å²) in [5, 5.41) is 11.0. The maximum Gasteiger partial charge on any atom is 0.260 e. The number of ether oxygens (including phenoxy) is 1. The Labute approximate surface area is 188 Å². The molecule has 4 heterocycles. The standard InChI is InChI=1S/C23H20FN7O2/c1-14-4-3-7-33-20-9-18(24)16(15-10-25-12-26-11-15)8-17(20)23(32)29-21-6-2-5-19(28-21)22-30-27-13-31(14)22/h2,5-6,8-14H,3-4,7H2,1H3,(H,28,29,32). The number of nitrogens with one attached hydrogen (secondary N) is 1. The van der Waals surface area contributed by atoms with Crippen LogP contribution in [0.5, 0.6) is 5.75 Å². The number of rotatable bonds is 1. The summed E-state index contributed by atoms with van der Waals surface area (Å²) in [6, 6.07) is 8.05. The molecule has 10 heteroatoms. The molecule has 3 aromatic heterocycles. The van der Waals surface area contributed by atoms with Gasteiger partial charge in [0.2, 0.25) is 0 Å². The summed E-state index contributed by atoms with van der Waals surface area (Å²) >= 11 is 0. The monoisotopic (exact) mass is 445 g/mol. The normalized spacial score (nSPS) is 16.1. The van der Waals surface area contributed by atoms with E-state index in [-0.39, 0.29) is 22.9 Å². The Bertz CT molecular complexity index is 1310. The van der Waals surface area contributed by atoms with E-state index in [1.807, 2.05) is 10.6 Å². The van der Waals surface area contributed by atoms with Crippen molar-refractivity contribution in [2.45, 2.75) is 25.8 Å². The molecule has 1 aliphatic heterocycles. The average Bonchev–Trinajstić information content (AvgIpc) is 3.32. The minimum Gasteiger partial charge on any atom is -0.493 e. The van der Waals surface area contributed by atoms with Gasteiger partial charge < -0.3 is 14.6 Å². The van der Waals surface area contributed by atoms with E-state index in [0.29, 0.717) is 35.9 Å². The van der Waals surface area contributed by atoms with Crippen molar-refractivity contribution in [2.75, 3.05) is 11.9 Å². The van der Waals surface area contributed by atoms with E-state index in [0.717, 1.165) is 6.42 Å². The predicted molar refractivity (Wildman–Crippen MR) is 118 cm³/mol. The van der Waals surface area contributed by atoms with E-state index >= 15 is 0 Å². The average molecular weight is 445 g/mol. The molecule has 1 unspecified atom stereocenters. The number of fused-ring (bicyclic) bond motifs is 5. The first-order chi connectivity index (χ1) is 16.1. The van der Waals surface area contributed by atoms with Crippen LogP contribution in [-0.2, 0) is 0 Å². The lowest BCUT2D eigenvalue weighted by Gasteiger charge is -2.18. The molecule has 1 atom stereocenters. The molecule has 4 aromatic rings. The van der Waals surface area contributed by atoms with Crippen molar-refractivity contribution in [1.29, 1.82) is 0 Å². The fraction of sp³-hybridized carbons (Fsp3) is 0.217. The number of amides is 1. The largest absolute Gasteiger partial charge is 0.493 e. The van der Waals surface area contributed by atoms with Crippen molar-refractivity contribution in [3.63, 3.8) is 0 Å². The topological polar surface area (TPSA) is 108 Å². The van der Waals surface area contributed by atoms with Crippen LogP contribution in [0.15, 0.2) is 55.4 Å². The lowest BCUT2D eigenvalue weighted by Crippen LogP contribution is -2.17. The maximum absolute atomic E-state index is 14.9. The Balaban J connectivity index is 1.58. The van der Waals surface area contributed by atoms with Crippen LogP contribution in [0.3, 0.4) is 0 Å². The summed E-state index contributed by atoms with van der Waals surface area (Å²) in [5.74, 6) is 0.109. The van der Waals surface area contributed by atoms with Crippen LogP contribution in [0.4, 0.5) is 10.2 Å². The van der Waals surface area contributed by atoms with Crippen LogP contribution in [0, 0.1) is 5.82 Å². The number of pyridine rings is 1. The van der Waals surface area contributed by atoms with Crippen molar-refractivity contribution in [1.82, 2.24) is 29.7 Å². The van der Waals surface area contributed by atoms with Gasteiger partial charge in [-0.15, -0.1) is 10.2 Å². The summed E-state index contributed by atoms with van der Waals surface area (Å²) in [7, 11) is 0. The number of aromatic nitrogens is 6. The smallest absolute Gasteiger partial charge is 0.260 e. The van der Waals surface area contributed by atoms with Crippen LogP contribution >= 0.6 is 0 Å². The molecule has 0 fully saturated rings. The molecule has 0 aliphatic carbocycles. The molecule has 33 heavy (non-hydrogen) atoms. The molecule has 2 bridgehead atoms. The number of halogens is 1. The first kappa shape index (κ1) is 20.7. The van der Waals surface area contributed by atoms with Crippen molar-refractivity contribution in [2.24, 2.45) is 0 Å². The predicted octanol–water partition coefficient (Wildman–Crippen LogP) is 3.92. The summed E-state index contributed by atoms with van der Waals surface area (Å²) < 4.78 is 22.7. The minimum absolute atomic E-state index is 0.0956. The number of hydrogen-bond acceptors (Lipinski definition) is 7. The second-order valence-corrected chi connectivity index (χ2v) is 7.72. The molecular formula is C23H20FN7O2. The zero-order chi connectivity index (χ0) is 22.8. The molecule has 0 saturated heterocycles. The highest BCUT2D eigenvalue weighted by molar-refractivity contribution is 6.06. The first-order valence-electron chi connectivity index (χ1n) is 10.5. The van der Waals surface area contributed by atoms with Gasteiger partial charge in [0.1, 0.15) is 35.7 Å². The summed E-state index contributed by atoms with van der Waals surface area (Å²) in [6.07, 6.45) is 7.46. The Morgan fingerprint density at radius 2 is 2.03 bits per heavy atom. The number of hydrogen-bond donors (Lipinski definition) is 1. The number of anilines is 1. The third kappa shape index (κ3) is 4.14. The van der Waals surface area contributed by atoms with Gasteiger partial charge in [-0.05, 0) is 38.0 Å². The van der Waals surface area contributed by atoms with E-state index in [9.17, 15) is 9.18 Å².